The van der Waals surface area contributed by atoms with Crippen molar-refractivity contribution < 1.29 is 14.3 Å². The second-order valence-corrected chi connectivity index (χ2v) is 7.71. The number of carbonyl (C=O) groups is 2. The van der Waals surface area contributed by atoms with Crippen molar-refractivity contribution in [2.45, 2.75) is 6.54 Å². The van der Waals surface area contributed by atoms with E-state index in [1.807, 2.05) is 28.8 Å². The third-order valence-corrected chi connectivity index (χ3v) is 5.15. The Kier molecular flexibility index (Phi) is 6.71. The molecule has 0 spiro atoms. The van der Waals surface area contributed by atoms with Crippen LogP contribution >= 0.6 is 11.6 Å². The number of nitrogens with zero attached hydrogens (tertiary/aromatic N) is 2. The van der Waals surface area contributed by atoms with Crippen LogP contribution in [0.3, 0.4) is 0 Å². The van der Waals surface area contributed by atoms with Crippen LogP contribution < -0.4 is 15.4 Å². The zero-order chi connectivity index (χ0) is 23.2. The van der Waals surface area contributed by atoms with Crippen LogP contribution in [0.1, 0.15) is 26.4 Å². The summed E-state index contributed by atoms with van der Waals surface area (Å²) in [6.07, 6.45) is 3.30. The van der Waals surface area contributed by atoms with Crippen molar-refractivity contribution in [2.24, 2.45) is 0 Å². The van der Waals surface area contributed by atoms with Crippen LogP contribution in [0.4, 0.5) is 11.4 Å². The Labute approximate surface area is 196 Å². The molecule has 2 amide bonds. The van der Waals surface area contributed by atoms with Gasteiger partial charge in [0.1, 0.15) is 11.4 Å². The summed E-state index contributed by atoms with van der Waals surface area (Å²) in [6.45, 7) is 0.536. The predicted molar refractivity (Wildman–Crippen MR) is 128 cm³/mol. The molecule has 1 aromatic heterocycles. The molecule has 0 fully saturated rings. The zero-order valence-electron chi connectivity index (χ0n) is 17.8. The molecule has 7 nitrogen and oxygen atoms in total. The highest BCUT2D eigenvalue weighted by atomic mass is 35.5. The van der Waals surface area contributed by atoms with E-state index in [-0.39, 0.29) is 11.8 Å². The molecule has 0 radical (unpaired) electrons. The number of anilines is 2. The third-order valence-electron chi connectivity index (χ3n) is 4.90. The first-order chi connectivity index (χ1) is 16.0. The standard InChI is InChI=1S/C25H21ClN4O3/c1-33-22-12-10-21(11-13-22)29-25(32)23-15-30(16-27-23)14-17-2-8-20(9-3-17)28-24(31)18-4-6-19(26)7-5-18/h2-13,15-16H,14H2,1H3,(H,28,31)(H,29,32). The topological polar surface area (TPSA) is 85.2 Å². The molecule has 33 heavy (non-hydrogen) atoms. The van der Waals surface area contributed by atoms with Crippen molar-refractivity contribution in [2.75, 3.05) is 17.7 Å². The van der Waals surface area contributed by atoms with E-state index >= 15 is 0 Å². The minimum Gasteiger partial charge on any atom is -0.497 e. The van der Waals surface area contributed by atoms with Crippen LogP contribution in [0.5, 0.6) is 5.75 Å². The molecular weight excluding hydrogens is 440 g/mol. The van der Waals surface area contributed by atoms with E-state index in [0.717, 1.165) is 5.56 Å². The van der Waals surface area contributed by atoms with E-state index < -0.39 is 0 Å². The largest absolute Gasteiger partial charge is 0.497 e. The van der Waals surface area contributed by atoms with Gasteiger partial charge in [-0.1, -0.05) is 23.7 Å². The maximum absolute atomic E-state index is 12.5. The number of hydrogen-bond donors (Lipinski definition) is 2. The molecule has 0 bridgehead atoms. The predicted octanol–water partition coefficient (Wildman–Crippen LogP) is 5.10. The van der Waals surface area contributed by atoms with Crippen molar-refractivity contribution in [1.29, 1.82) is 0 Å². The van der Waals surface area contributed by atoms with E-state index in [2.05, 4.69) is 15.6 Å². The van der Waals surface area contributed by atoms with E-state index in [4.69, 9.17) is 16.3 Å². The first-order valence-corrected chi connectivity index (χ1v) is 10.5. The first kappa shape index (κ1) is 22.1. The lowest BCUT2D eigenvalue weighted by molar-refractivity contribution is 0.101. The first-order valence-electron chi connectivity index (χ1n) is 10.1. The van der Waals surface area contributed by atoms with Crippen molar-refractivity contribution in [3.63, 3.8) is 0 Å². The molecule has 3 aromatic carbocycles. The van der Waals surface area contributed by atoms with Gasteiger partial charge in [0, 0.05) is 34.7 Å². The highest BCUT2D eigenvalue weighted by molar-refractivity contribution is 6.30. The van der Waals surface area contributed by atoms with Crippen LogP contribution in [0, 0.1) is 0 Å². The number of carbonyl (C=O) groups excluding carboxylic acids is 2. The van der Waals surface area contributed by atoms with Crippen molar-refractivity contribution >= 4 is 34.8 Å². The van der Waals surface area contributed by atoms with Crippen molar-refractivity contribution in [1.82, 2.24) is 9.55 Å². The molecule has 0 aliphatic heterocycles. The van der Waals surface area contributed by atoms with E-state index in [9.17, 15) is 9.59 Å². The lowest BCUT2D eigenvalue weighted by atomic mass is 10.2. The summed E-state index contributed by atoms with van der Waals surface area (Å²) < 4.78 is 6.94. The highest BCUT2D eigenvalue weighted by Gasteiger charge is 2.11. The highest BCUT2D eigenvalue weighted by Crippen LogP contribution is 2.17. The van der Waals surface area contributed by atoms with Gasteiger partial charge >= 0.3 is 0 Å². The smallest absolute Gasteiger partial charge is 0.275 e. The number of nitrogens with one attached hydrogen (secondary N) is 2. The molecule has 0 aliphatic rings. The number of aromatic nitrogens is 2. The molecule has 0 saturated carbocycles. The number of amides is 2. The summed E-state index contributed by atoms with van der Waals surface area (Å²) in [5.41, 5.74) is 3.19. The van der Waals surface area contributed by atoms with Crippen molar-refractivity contribution in [3.05, 3.63) is 107 Å². The summed E-state index contributed by atoms with van der Waals surface area (Å²) in [7, 11) is 1.59. The van der Waals surface area contributed by atoms with Crippen LogP contribution in [-0.4, -0.2) is 28.5 Å². The number of rotatable bonds is 7. The van der Waals surface area contributed by atoms with Crippen LogP contribution in [0.2, 0.25) is 5.02 Å². The Hall–Kier alpha value is -4.10. The molecule has 4 aromatic rings. The van der Waals surface area contributed by atoms with E-state index in [0.29, 0.717) is 39.9 Å². The summed E-state index contributed by atoms with van der Waals surface area (Å²) in [6, 6.07) is 21.3. The fourth-order valence-electron chi connectivity index (χ4n) is 3.14. The SMILES string of the molecule is COc1ccc(NC(=O)c2cn(Cc3ccc(NC(=O)c4ccc(Cl)cc4)cc3)cn2)cc1. The van der Waals surface area contributed by atoms with Gasteiger partial charge < -0.3 is 19.9 Å². The number of methoxy groups -OCH3 is 1. The van der Waals surface area contributed by atoms with Gasteiger partial charge in [-0.15, -0.1) is 0 Å². The second kappa shape index (κ2) is 10.0. The van der Waals surface area contributed by atoms with Gasteiger partial charge in [-0.3, -0.25) is 9.59 Å². The van der Waals surface area contributed by atoms with Gasteiger partial charge in [0.25, 0.3) is 11.8 Å². The maximum atomic E-state index is 12.5. The van der Waals surface area contributed by atoms with Crippen LogP contribution in [-0.2, 0) is 6.54 Å². The fraction of sp³-hybridized carbons (Fsp3) is 0.0800. The maximum Gasteiger partial charge on any atom is 0.275 e. The Morgan fingerprint density at radius 1 is 0.879 bits per heavy atom. The van der Waals surface area contributed by atoms with E-state index in [1.54, 1.807) is 68.2 Å². The van der Waals surface area contributed by atoms with Gasteiger partial charge in [0.2, 0.25) is 0 Å². The Balaban J connectivity index is 1.34. The minimum atomic E-state index is -0.292. The molecule has 2 N–H and O–H groups in total. The van der Waals surface area contributed by atoms with Gasteiger partial charge in [0.05, 0.1) is 13.4 Å². The molecule has 166 valence electrons. The van der Waals surface area contributed by atoms with Crippen LogP contribution in [0.15, 0.2) is 85.3 Å². The van der Waals surface area contributed by atoms with Gasteiger partial charge in [-0.05, 0) is 66.2 Å². The Morgan fingerprint density at radius 3 is 2.12 bits per heavy atom. The molecule has 0 saturated heterocycles. The molecule has 1 heterocycles. The minimum absolute atomic E-state index is 0.207. The monoisotopic (exact) mass is 460 g/mol. The second-order valence-electron chi connectivity index (χ2n) is 7.27. The Bertz CT molecular complexity index is 1250. The molecule has 0 aliphatic carbocycles. The summed E-state index contributed by atoms with van der Waals surface area (Å²) in [5.74, 6) is 0.216. The van der Waals surface area contributed by atoms with Gasteiger partial charge in [0.15, 0.2) is 0 Å². The van der Waals surface area contributed by atoms with E-state index in [1.165, 1.54) is 0 Å². The van der Waals surface area contributed by atoms with Gasteiger partial charge in [-0.25, -0.2) is 4.98 Å². The number of halogens is 1. The summed E-state index contributed by atoms with van der Waals surface area (Å²) in [5, 5.41) is 6.25. The van der Waals surface area contributed by atoms with Crippen LogP contribution in [0.25, 0.3) is 0 Å². The molecule has 8 heteroatoms. The lowest BCUT2D eigenvalue weighted by Crippen LogP contribution is -2.12. The molecular formula is C25H21ClN4O3. The summed E-state index contributed by atoms with van der Waals surface area (Å²) >= 11 is 5.86. The average molecular weight is 461 g/mol. The normalized spacial score (nSPS) is 10.5. The quantitative estimate of drug-likeness (QED) is 0.402. The number of hydrogen-bond acceptors (Lipinski definition) is 4. The third kappa shape index (κ3) is 5.78. The number of benzene rings is 3. The molecule has 0 atom stereocenters. The van der Waals surface area contributed by atoms with Gasteiger partial charge in [-0.2, -0.15) is 0 Å². The number of imidazole rings is 1. The average Bonchev–Trinajstić information content (AvgIpc) is 3.30. The summed E-state index contributed by atoms with van der Waals surface area (Å²) in [4.78, 5) is 29.0. The molecule has 0 unspecified atom stereocenters. The zero-order valence-corrected chi connectivity index (χ0v) is 18.5. The van der Waals surface area contributed by atoms with Crippen molar-refractivity contribution in [3.8, 4) is 5.75 Å². The lowest BCUT2D eigenvalue weighted by Gasteiger charge is -2.07. The molecule has 4 rings (SSSR count). The number of ether oxygens (including phenoxy) is 1. The fourth-order valence-corrected chi connectivity index (χ4v) is 3.27. The Morgan fingerprint density at radius 2 is 1.48 bits per heavy atom.